The monoisotopic (exact) mass is 646 g/mol. The minimum Gasteiger partial charge on any atom is -0.384 e. The Morgan fingerprint density at radius 3 is 2.49 bits per heavy atom. The topological polar surface area (TPSA) is 125 Å². The molecule has 1 aliphatic rings. The van der Waals surface area contributed by atoms with E-state index in [4.69, 9.17) is 5.14 Å². The zero-order valence-electron chi connectivity index (χ0n) is 19.1. The lowest BCUT2D eigenvalue weighted by atomic mass is 9.92. The molecule has 13 heteroatoms. The number of nitrogens with zero attached hydrogens (tertiary/aromatic N) is 1. The van der Waals surface area contributed by atoms with Crippen LogP contribution in [-0.2, 0) is 15.8 Å². The summed E-state index contributed by atoms with van der Waals surface area (Å²) in [6, 6.07) is 12.5. The first-order valence-electron chi connectivity index (χ1n) is 10.9. The van der Waals surface area contributed by atoms with Crippen LogP contribution in [0.2, 0.25) is 0 Å². The summed E-state index contributed by atoms with van der Waals surface area (Å²) < 4.78 is 66.2. The molecule has 1 saturated heterocycles. The van der Waals surface area contributed by atoms with Gasteiger partial charge in [-0.15, -0.1) is 0 Å². The summed E-state index contributed by atoms with van der Waals surface area (Å²) in [5.74, 6) is -4.26. The first-order chi connectivity index (χ1) is 17.3. The van der Waals surface area contributed by atoms with Gasteiger partial charge >= 0.3 is 0 Å². The quantitative estimate of drug-likeness (QED) is 0.278. The molecule has 1 heterocycles. The van der Waals surface area contributed by atoms with Crippen molar-refractivity contribution in [3.05, 3.63) is 86.7 Å². The number of benzene rings is 3. The number of rotatable bonds is 8. The molecule has 0 saturated carbocycles. The lowest BCUT2D eigenvalue weighted by Gasteiger charge is -2.46. The smallest absolute Gasteiger partial charge is 0.256 e. The van der Waals surface area contributed by atoms with Gasteiger partial charge in [-0.05, 0) is 70.6 Å². The summed E-state index contributed by atoms with van der Waals surface area (Å²) in [7, 11) is -3.71. The van der Waals surface area contributed by atoms with E-state index in [0.717, 1.165) is 12.1 Å². The fraction of sp³-hybridized carbons (Fsp3) is 0.208. The van der Waals surface area contributed by atoms with Crippen LogP contribution in [0.5, 0.6) is 0 Å². The SMILES string of the molecule is NS(=O)(=O)Cc1cccc(NCC2(O)CN(C(=O)c3ccc(F)c(F)c3Nc3ccc(I)cc3F)C2)c1. The number of nitrogens with two attached hydrogens (primary N) is 1. The summed E-state index contributed by atoms with van der Waals surface area (Å²) in [6.45, 7) is -0.176. The zero-order valence-corrected chi connectivity index (χ0v) is 22.1. The second-order valence-corrected chi connectivity index (χ2v) is 11.6. The molecule has 5 N–H and O–H groups in total. The molecular weight excluding hydrogens is 624 g/mol. The average molecular weight is 646 g/mol. The van der Waals surface area contributed by atoms with E-state index >= 15 is 0 Å². The number of carbonyl (C=O) groups excluding carboxylic acids is 1. The van der Waals surface area contributed by atoms with Gasteiger partial charge in [-0.2, -0.15) is 0 Å². The van der Waals surface area contributed by atoms with Crippen LogP contribution in [0.1, 0.15) is 15.9 Å². The Labute approximate surface area is 224 Å². The van der Waals surface area contributed by atoms with Crippen LogP contribution in [0.4, 0.5) is 30.2 Å². The van der Waals surface area contributed by atoms with Crippen molar-refractivity contribution in [3.8, 4) is 0 Å². The van der Waals surface area contributed by atoms with Crippen molar-refractivity contribution in [1.29, 1.82) is 0 Å². The van der Waals surface area contributed by atoms with E-state index in [1.807, 2.05) is 22.6 Å². The Morgan fingerprint density at radius 2 is 1.81 bits per heavy atom. The number of halogens is 4. The highest BCUT2D eigenvalue weighted by molar-refractivity contribution is 14.1. The van der Waals surface area contributed by atoms with Crippen LogP contribution in [0.3, 0.4) is 0 Å². The van der Waals surface area contributed by atoms with E-state index in [2.05, 4.69) is 10.6 Å². The van der Waals surface area contributed by atoms with Gasteiger partial charge < -0.3 is 20.6 Å². The average Bonchev–Trinajstić information content (AvgIpc) is 2.79. The van der Waals surface area contributed by atoms with Crippen LogP contribution < -0.4 is 15.8 Å². The highest BCUT2D eigenvalue weighted by Crippen LogP contribution is 2.32. The maximum Gasteiger partial charge on any atom is 0.256 e. The third kappa shape index (κ3) is 6.52. The number of sulfonamides is 1. The predicted molar refractivity (Wildman–Crippen MR) is 141 cm³/mol. The van der Waals surface area contributed by atoms with Crippen LogP contribution in [-0.4, -0.2) is 49.6 Å². The van der Waals surface area contributed by atoms with Gasteiger partial charge in [-0.3, -0.25) is 4.79 Å². The van der Waals surface area contributed by atoms with Gasteiger partial charge in [0.15, 0.2) is 11.6 Å². The second-order valence-electron chi connectivity index (χ2n) is 8.78. The zero-order chi connectivity index (χ0) is 27.0. The van der Waals surface area contributed by atoms with Crippen LogP contribution in [0.25, 0.3) is 0 Å². The molecule has 0 aliphatic carbocycles. The summed E-state index contributed by atoms with van der Waals surface area (Å²) >= 11 is 1.90. The van der Waals surface area contributed by atoms with Crippen molar-refractivity contribution < 1.29 is 31.5 Å². The minimum atomic E-state index is -3.71. The molecule has 1 aliphatic heterocycles. The summed E-state index contributed by atoms with van der Waals surface area (Å²) in [6.07, 6.45) is 0. The van der Waals surface area contributed by atoms with E-state index in [1.54, 1.807) is 30.3 Å². The van der Waals surface area contributed by atoms with Gasteiger partial charge in [0.05, 0.1) is 35.8 Å². The number of likely N-dealkylation sites (tertiary alicyclic amines) is 1. The molecule has 3 aromatic carbocycles. The first kappa shape index (κ1) is 27.2. The molecule has 8 nitrogen and oxygen atoms in total. The molecule has 196 valence electrons. The van der Waals surface area contributed by atoms with Gasteiger partial charge in [-0.25, -0.2) is 26.7 Å². The van der Waals surface area contributed by atoms with Crippen LogP contribution in [0, 0.1) is 21.0 Å². The van der Waals surface area contributed by atoms with Crippen LogP contribution >= 0.6 is 22.6 Å². The number of anilines is 3. The number of β-amino-alcohol motifs (C(OH)–C–C–N with tert-alkyl or cyclic N) is 1. The molecule has 37 heavy (non-hydrogen) atoms. The van der Waals surface area contributed by atoms with E-state index in [-0.39, 0.29) is 36.6 Å². The number of primary sulfonamides is 1. The Kier molecular flexibility index (Phi) is 7.69. The number of carbonyl (C=O) groups is 1. The Hall–Kier alpha value is -2.88. The van der Waals surface area contributed by atoms with E-state index in [0.29, 0.717) is 14.8 Å². The Morgan fingerprint density at radius 1 is 1.08 bits per heavy atom. The lowest BCUT2D eigenvalue weighted by molar-refractivity contribution is -0.0706. The van der Waals surface area contributed by atoms with Crippen LogP contribution in [0.15, 0.2) is 54.6 Å². The molecule has 0 radical (unpaired) electrons. The minimum absolute atomic E-state index is 0.0341. The molecule has 0 unspecified atom stereocenters. The Balaban J connectivity index is 1.45. The van der Waals surface area contributed by atoms with Gasteiger partial charge in [0.25, 0.3) is 5.91 Å². The maximum atomic E-state index is 14.7. The van der Waals surface area contributed by atoms with Gasteiger partial charge in [0, 0.05) is 15.8 Å². The third-order valence-corrected chi connectivity index (χ3v) is 7.10. The van der Waals surface area contributed by atoms with Gasteiger partial charge in [0.2, 0.25) is 10.0 Å². The maximum absolute atomic E-state index is 14.7. The number of hydrogen-bond acceptors (Lipinski definition) is 6. The molecule has 0 atom stereocenters. The number of amides is 1. The molecular formula is C24H22F3IN4O4S. The summed E-state index contributed by atoms with van der Waals surface area (Å²) in [5, 5.41) is 21.3. The van der Waals surface area contributed by atoms with Crippen molar-refractivity contribution in [2.24, 2.45) is 5.14 Å². The number of aliphatic hydroxyl groups is 1. The largest absolute Gasteiger partial charge is 0.384 e. The highest BCUT2D eigenvalue weighted by Gasteiger charge is 2.44. The summed E-state index contributed by atoms with van der Waals surface area (Å²) in [5.41, 5.74) is -1.17. The summed E-state index contributed by atoms with van der Waals surface area (Å²) in [4.78, 5) is 14.3. The fourth-order valence-electron chi connectivity index (χ4n) is 3.94. The van der Waals surface area contributed by atoms with E-state index in [1.165, 1.54) is 17.0 Å². The number of nitrogens with one attached hydrogen (secondary N) is 2. The third-order valence-electron chi connectivity index (χ3n) is 5.69. The van der Waals surface area contributed by atoms with Crippen molar-refractivity contribution in [1.82, 2.24) is 4.90 Å². The second kappa shape index (κ2) is 10.5. The molecule has 1 fully saturated rings. The Bertz CT molecular complexity index is 1470. The first-order valence-corrected chi connectivity index (χ1v) is 13.7. The molecule has 0 spiro atoms. The molecule has 0 bridgehead atoms. The standard InChI is InChI=1S/C24H22F3IN4O4S/c25-18-6-5-17(22(21(18)27)31-20-7-4-15(28)9-19(20)26)23(33)32-12-24(34,13-32)11-30-16-3-1-2-14(8-16)10-37(29,35)36/h1-9,30-31,34H,10-13H2,(H2,29,35,36). The molecule has 1 amide bonds. The van der Waals surface area contributed by atoms with Gasteiger partial charge in [0.1, 0.15) is 11.4 Å². The van der Waals surface area contributed by atoms with Crippen molar-refractivity contribution in [3.63, 3.8) is 0 Å². The molecule has 3 aromatic rings. The van der Waals surface area contributed by atoms with Crippen molar-refractivity contribution >= 4 is 55.6 Å². The normalized spacial score (nSPS) is 14.7. The van der Waals surface area contributed by atoms with E-state index in [9.17, 15) is 31.5 Å². The predicted octanol–water partition coefficient (Wildman–Crippen LogP) is 3.54. The lowest BCUT2D eigenvalue weighted by Crippen LogP contribution is -2.66. The van der Waals surface area contributed by atoms with Gasteiger partial charge in [-0.1, -0.05) is 12.1 Å². The van der Waals surface area contributed by atoms with Crippen molar-refractivity contribution in [2.75, 3.05) is 30.3 Å². The number of hydrogen-bond donors (Lipinski definition) is 4. The van der Waals surface area contributed by atoms with E-state index < -0.39 is 44.7 Å². The molecule has 0 aromatic heterocycles. The highest BCUT2D eigenvalue weighted by atomic mass is 127. The fourth-order valence-corrected chi connectivity index (χ4v) is 5.03. The van der Waals surface area contributed by atoms with Crippen molar-refractivity contribution in [2.45, 2.75) is 11.4 Å². The molecule has 4 rings (SSSR count).